The van der Waals surface area contributed by atoms with Gasteiger partial charge in [-0.15, -0.1) is 0 Å². The van der Waals surface area contributed by atoms with E-state index < -0.39 is 0 Å². The fourth-order valence-electron chi connectivity index (χ4n) is 0.247. The van der Waals surface area contributed by atoms with Gasteiger partial charge >= 0.3 is 0 Å². The van der Waals surface area contributed by atoms with Crippen LogP contribution in [0.2, 0.25) is 0 Å². The van der Waals surface area contributed by atoms with Gasteiger partial charge in [0.15, 0.2) is 5.12 Å². The van der Waals surface area contributed by atoms with Crippen molar-refractivity contribution in [2.45, 2.75) is 13.8 Å². The van der Waals surface area contributed by atoms with Gasteiger partial charge in [0.25, 0.3) is 0 Å². The summed E-state index contributed by atoms with van der Waals surface area (Å²) in [6, 6.07) is 0. The molecule has 1 nitrogen and oxygen atoms in total. The Labute approximate surface area is 64.5 Å². The number of carbonyl (C=O) groups is 1. The predicted octanol–water partition coefficient (Wildman–Crippen LogP) is 2.41. The summed E-state index contributed by atoms with van der Waals surface area (Å²) in [5, 5.41) is 0.132. The molecular formula is C6H9ClOS. The van der Waals surface area contributed by atoms with Crippen LogP contribution in [0.4, 0.5) is 0 Å². The van der Waals surface area contributed by atoms with Gasteiger partial charge in [0, 0.05) is 18.2 Å². The van der Waals surface area contributed by atoms with Crippen molar-refractivity contribution in [2.24, 2.45) is 0 Å². The summed E-state index contributed by atoms with van der Waals surface area (Å²) in [6.07, 6.45) is 0. The van der Waals surface area contributed by atoms with Gasteiger partial charge in [-0.2, -0.15) is 0 Å². The topological polar surface area (TPSA) is 17.1 Å². The first-order valence-electron chi connectivity index (χ1n) is 2.56. The van der Waals surface area contributed by atoms with Crippen LogP contribution in [0, 0.1) is 0 Å². The van der Waals surface area contributed by atoms with Gasteiger partial charge in [-0.05, 0) is 6.92 Å². The largest absolute Gasteiger partial charge is 0.288 e. The average Bonchev–Trinajstić information content (AvgIpc) is 1.83. The van der Waals surface area contributed by atoms with Gasteiger partial charge in [-0.3, -0.25) is 4.79 Å². The summed E-state index contributed by atoms with van der Waals surface area (Å²) in [4.78, 5) is 10.4. The Kier molecular flexibility index (Phi) is 4.91. The highest BCUT2D eigenvalue weighted by atomic mass is 35.5. The Morgan fingerprint density at radius 1 is 1.67 bits per heavy atom. The van der Waals surface area contributed by atoms with E-state index in [0.29, 0.717) is 5.75 Å². The maximum atomic E-state index is 10.4. The van der Waals surface area contributed by atoms with Crippen molar-refractivity contribution < 1.29 is 4.79 Å². The highest BCUT2D eigenvalue weighted by Crippen LogP contribution is 2.08. The van der Waals surface area contributed by atoms with Crippen molar-refractivity contribution in [3.05, 3.63) is 11.1 Å². The predicted molar refractivity (Wildman–Crippen MR) is 42.7 cm³/mol. The molecule has 0 aliphatic rings. The first-order valence-corrected chi connectivity index (χ1v) is 3.98. The van der Waals surface area contributed by atoms with Gasteiger partial charge < -0.3 is 0 Å². The van der Waals surface area contributed by atoms with E-state index in [1.54, 1.807) is 6.92 Å². The Morgan fingerprint density at radius 3 is 2.56 bits per heavy atom. The highest BCUT2D eigenvalue weighted by Gasteiger charge is 1.93. The van der Waals surface area contributed by atoms with E-state index in [2.05, 4.69) is 0 Å². The molecule has 0 heterocycles. The summed E-state index contributed by atoms with van der Waals surface area (Å²) in [6.45, 7) is 3.44. The minimum atomic E-state index is 0.132. The van der Waals surface area contributed by atoms with Crippen LogP contribution in [0.1, 0.15) is 13.8 Å². The molecule has 0 aromatic carbocycles. The van der Waals surface area contributed by atoms with Crippen LogP contribution in [0.15, 0.2) is 11.1 Å². The fourth-order valence-corrected chi connectivity index (χ4v) is 0.930. The lowest BCUT2D eigenvalue weighted by Crippen LogP contribution is -1.85. The molecule has 0 aliphatic carbocycles. The molecule has 0 aromatic rings. The number of thioether (sulfide) groups is 1. The highest BCUT2D eigenvalue weighted by molar-refractivity contribution is 8.13. The molecule has 0 spiro atoms. The number of hydrogen-bond donors (Lipinski definition) is 0. The van der Waals surface area contributed by atoms with Gasteiger partial charge in [-0.25, -0.2) is 0 Å². The molecule has 0 saturated heterocycles. The molecule has 52 valence electrons. The fraction of sp³-hybridized carbons (Fsp3) is 0.500. The van der Waals surface area contributed by atoms with E-state index in [4.69, 9.17) is 11.6 Å². The van der Waals surface area contributed by atoms with Crippen molar-refractivity contribution in [3.8, 4) is 0 Å². The summed E-state index contributed by atoms with van der Waals surface area (Å²) in [7, 11) is 0. The standard InChI is InChI=1S/C6H9ClOS/c1-5(3-7)4-9-6(2)8/h3H,4H2,1-2H3/b5-3-. The number of hydrogen-bond acceptors (Lipinski definition) is 2. The maximum Gasteiger partial charge on any atom is 0.186 e. The van der Waals surface area contributed by atoms with Gasteiger partial charge in [-0.1, -0.05) is 28.9 Å². The average molecular weight is 165 g/mol. The molecule has 0 rings (SSSR count). The third kappa shape index (κ3) is 5.93. The molecule has 0 radical (unpaired) electrons. The minimum Gasteiger partial charge on any atom is -0.288 e. The zero-order chi connectivity index (χ0) is 7.28. The second-order valence-electron chi connectivity index (χ2n) is 1.74. The van der Waals surface area contributed by atoms with Crippen LogP contribution < -0.4 is 0 Å². The normalized spacial score (nSPS) is 11.7. The van der Waals surface area contributed by atoms with Crippen LogP contribution in [-0.2, 0) is 4.79 Å². The Hall–Kier alpha value is 0.0500. The second-order valence-corrected chi connectivity index (χ2v) is 3.11. The molecule has 0 saturated carbocycles. The quantitative estimate of drug-likeness (QED) is 0.624. The monoisotopic (exact) mass is 164 g/mol. The number of rotatable bonds is 2. The summed E-state index contributed by atoms with van der Waals surface area (Å²) >= 11 is 6.62. The molecular weight excluding hydrogens is 156 g/mol. The van der Waals surface area contributed by atoms with Crippen LogP contribution in [0.3, 0.4) is 0 Å². The van der Waals surface area contributed by atoms with E-state index in [1.165, 1.54) is 17.3 Å². The molecule has 0 aliphatic heterocycles. The van der Waals surface area contributed by atoms with Gasteiger partial charge in [0.1, 0.15) is 0 Å². The third-order valence-corrected chi connectivity index (χ3v) is 2.07. The van der Waals surface area contributed by atoms with Gasteiger partial charge in [0.05, 0.1) is 0 Å². The van der Waals surface area contributed by atoms with Crippen molar-refractivity contribution in [1.82, 2.24) is 0 Å². The molecule has 0 atom stereocenters. The maximum absolute atomic E-state index is 10.4. The smallest absolute Gasteiger partial charge is 0.186 e. The van der Waals surface area contributed by atoms with Crippen LogP contribution >= 0.6 is 23.4 Å². The van der Waals surface area contributed by atoms with E-state index in [0.717, 1.165) is 5.57 Å². The van der Waals surface area contributed by atoms with E-state index >= 15 is 0 Å². The van der Waals surface area contributed by atoms with Crippen LogP contribution in [0.25, 0.3) is 0 Å². The zero-order valence-corrected chi connectivity index (χ0v) is 7.05. The molecule has 0 bridgehead atoms. The molecule has 0 N–H and O–H groups in total. The first kappa shape index (κ1) is 9.05. The molecule has 0 aromatic heterocycles. The minimum absolute atomic E-state index is 0.132. The van der Waals surface area contributed by atoms with Crippen molar-refractivity contribution in [3.63, 3.8) is 0 Å². The van der Waals surface area contributed by atoms with Crippen LogP contribution in [0.5, 0.6) is 0 Å². The number of carbonyl (C=O) groups excluding carboxylic acids is 1. The van der Waals surface area contributed by atoms with E-state index in [1.807, 2.05) is 6.92 Å². The zero-order valence-electron chi connectivity index (χ0n) is 5.48. The van der Waals surface area contributed by atoms with E-state index in [9.17, 15) is 4.79 Å². The molecule has 9 heavy (non-hydrogen) atoms. The second kappa shape index (κ2) is 4.89. The summed E-state index contributed by atoms with van der Waals surface area (Å²) < 4.78 is 0. The Bertz CT molecular complexity index is 131. The first-order chi connectivity index (χ1) is 4.16. The lowest BCUT2D eigenvalue weighted by Gasteiger charge is -1.93. The van der Waals surface area contributed by atoms with Crippen LogP contribution in [-0.4, -0.2) is 10.9 Å². The van der Waals surface area contributed by atoms with E-state index in [-0.39, 0.29) is 5.12 Å². The lowest BCUT2D eigenvalue weighted by molar-refractivity contribution is -0.109. The lowest BCUT2D eigenvalue weighted by atomic mass is 10.4. The molecule has 3 heteroatoms. The van der Waals surface area contributed by atoms with Crippen molar-refractivity contribution in [2.75, 3.05) is 5.75 Å². The molecule has 0 amide bonds. The van der Waals surface area contributed by atoms with Gasteiger partial charge in [0.2, 0.25) is 0 Å². The Balaban J connectivity index is 3.39. The van der Waals surface area contributed by atoms with Crippen molar-refractivity contribution in [1.29, 1.82) is 0 Å². The van der Waals surface area contributed by atoms with Crippen molar-refractivity contribution >= 4 is 28.5 Å². The SMILES string of the molecule is CC(=O)SC/C(C)=C\Cl. The summed E-state index contributed by atoms with van der Waals surface area (Å²) in [5.41, 5.74) is 2.52. The molecule has 0 fully saturated rings. The third-order valence-electron chi connectivity index (χ3n) is 0.689. The molecule has 0 unspecified atom stereocenters. The summed E-state index contributed by atoms with van der Waals surface area (Å²) in [5.74, 6) is 0.707. The Morgan fingerprint density at radius 2 is 2.22 bits per heavy atom. The number of halogens is 1.